The zero-order valence-corrected chi connectivity index (χ0v) is 16.6. The van der Waals surface area contributed by atoms with Crippen molar-refractivity contribution in [3.63, 3.8) is 0 Å². The maximum Gasteiger partial charge on any atom is 0.219 e. The van der Waals surface area contributed by atoms with Crippen LogP contribution >= 0.6 is 0 Å². The van der Waals surface area contributed by atoms with Crippen LogP contribution in [0.25, 0.3) is 0 Å². The molecule has 0 saturated carbocycles. The van der Waals surface area contributed by atoms with Gasteiger partial charge in [0.25, 0.3) is 0 Å². The molecule has 0 aliphatic rings. The number of benzene rings is 2. The van der Waals surface area contributed by atoms with E-state index < -0.39 is 0 Å². The third-order valence-electron chi connectivity index (χ3n) is 4.58. The fourth-order valence-electron chi connectivity index (χ4n) is 2.96. The summed E-state index contributed by atoms with van der Waals surface area (Å²) in [5, 5.41) is 0. The number of aromatic nitrogens is 1. The number of aryl methyl sites for hydroxylation is 1. The lowest BCUT2D eigenvalue weighted by atomic mass is 9.98. The minimum atomic E-state index is -0.245. The van der Waals surface area contributed by atoms with Crippen molar-refractivity contribution in [2.24, 2.45) is 11.7 Å². The molecule has 2 N–H and O–H groups in total. The van der Waals surface area contributed by atoms with Crippen LogP contribution < -0.4 is 15.2 Å². The molecule has 1 aromatic heterocycles. The minimum Gasteiger partial charge on any atom is -0.487 e. The Balaban J connectivity index is 1.47. The summed E-state index contributed by atoms with van der Waals surface area (Å²) >= 11 is 0. The zero-order valence-electron chi connectivity index (χ0n) is 16.6. The Morgan fingerprint density at radius 1 is 0.966 bits per heavy atom. The second-order valence-electron chi connectivity index (χ2n) is 7.17. The molecule has 3 aromatic rings. The van der Waals surface area contributed by atoms with Gasteiger partial charge in [0.15, 0.2) is 0 Å². The standard InChI is InChI=1S/C24H26N2O3/c1-18(15-23(25)27)7-8-19-9-11-21(12-10-19)29-24-14-13-22(16-26-24)28-17-20-5-3-2-4-6-20/h2-6,9-14,16,18H,7-8,15,17H2,1H3,(H2,25,27)/t18-/m0/s1. The van der Waals surface area contributed by atoms with Crippen LogP contribution in [0.1, 0.15) is 30.9 Å². The molecular formula is C24H26N2O3. The Morgan fingerprint density at radius 2 is 1.69 bits per heavy atom. The van der Waals surface area contributed by atoms with E-state index in [0.29, 0.717) is 24.7 Å². The summed E-state index contributed by atoms with van der Waals surface area (Å²) in [4.78, 5) is 15.3. The van der Waals surface area contributed by atoms with E-state index in [4.69, 9.17) is 15.2 Å². The average Bonchev–Trinajstić information content (AvgIpc) is 2.73. The van der Waals surface area contributed by atoms with Gasteiger partial charge in [-0.05, 0) is 48.1 Å². The largest absolute Gasteiger partial charge is 0.487 e. The second-order valence-corrected chi connectivity index (χ2v) is 7.17. The lowest BCUT2D eigenvalue weighted by Gasteiger charge is -2.10. The summed E-state index contributed by atoms with van der Waals surface area (Å²) in [6, 6.07) is 21.5. The molecule has 0 radical (unpaired) electrons. The molecule has 0 aliphatic carbocycles. The van der Waals surface area contributed by atoms with E-state index in [1.165, 1.54) is 5.56 Å². The van der Waals surface area contributed by atoms with Gasteiger partial charge >= 0.3 is 0 Å². The number of hydrogen-bond donors (Lipinski definition) is 1. The van der Waals surface area contributed by atoms with E-state index in [1.807, 2.05) is 67.6 Å². The highest BCUT2D eigenvalue weighted by Gasteiger charge is 2.07. The number of amides is 1. The summed E-state index contributed by atoms with van der Waals surface area (Å²) < 4.78 is 11.5. The summed E-state index contributed by atoms with van der Waals surface area (Å²) in [6.45, 7) is 2.55. The minimum absolute atomic E-state index is 0.245. The van der Waals surface area contributed by atoms with Gasteiger partial charge in [0.05, 0.1) is 6.20 Å². The van der Waals surface area contributed by atoms with Crippen molar-refractivity contribution in [3.05, 3.63) is 84.1 Å². The molecule has 0 fully saturated rings. The van der Waals surface area contributed by atoms with Crippen LogP contribution in [0.4, 0.5) is 0 Å². The van der Waals surface area contributed by atoms with Gasteiger partial charge < -0.3 is 15.2 Å². The van der Waals surface area contributed by atoms with Crippen LogP contribution in [-0.2, 0) is 17.8 Å². The molecule has 1 heterocycles. The van der Waals surface area contributed by atoms with Crippen molar-refractivity contribution in [1.29, 1.82) is 0 Å². The number of nitrogens with zero attached hydrogens (tertiary/aromatic N) is 1. The van der Waals surface area contributed by atoms with Crippen LogP contribution in [0.5, 0.6) is 17.4 Å². The van der Waals surface area contributed by atoms with Crippen molar-refractivity contribution in [2.45, 2.75) is 32.8 Å². The van der Waals surface area contributed by atoms with Gasteiger partial charge in [-0.1, -0.05) is 49.4 Å². The number of carbonyl (C=O) groups is 1. The molecule has 0 bridgehead atoms. The van der Waals surface area contributed by atoms with Crippen LogP contribution in [0.3, 0.4) is 0 Å². The van der Waals surface area contributed by atoms with E-state index in [9.17, 15) is 4.79 Å². The fourth-order valence-corrected chi connectivity index (χ4v) is 2.96. The van der Waals surface area contributed by atoms with E-state index in [1.54, 1.807) is 12.3 Å². The Labute approximate surface area is 171 Å². The van der Waals surface area contributed by atoms with Gasteiger partial charge in [-0.3, -0.25) is 4.79 Å². The Hall–Kier alpha value is -3.34. The van der Waals surface area contributed by atoms with Gasteiger partial charge in [-0.25, -0.2) is 4.98 Å². The number of pyridine rings is 1. The SMILES string of the molecule is C[C@@H](CCc1ccc(Oc2ccc(OCc3ccccc3)cn2)cc1)CC(N)=O. The van der Waals surface area contributed by atoms with Crippen LogP contribution in [0, 0.1) is 5.92 Å². The molecule has 1 atom stereocenters. The van der Waals surface area contributed by atoms with Crippen LogP contribution in [-0.4, -0.2) is 10.9 Å². The first kappa shape index (κ1) is 20.4. The summed E-state index contributed by atoms with van der Waals surface area (Å²) in [7, 11) is 0. The van der Waals surface area contributed by atoms with Crippen LogP contribution in [0.15, 0.2) is 72.9 Å². The number of rotatable bonds is 10. The molecule has 150 valence electrons. The van der Waals surface area contributed by atoms with Crippen molar-refractivity contribution in [2.75, 3.05) is 0 Å². The van der Waals surface area contributed by atoms with Crippen molar-refractivity contribution in [3.8, 4) is 17.4 Å². The molecule has 0 spiro atoms. The summed E-state index contributed by atoms with van der Waals surface area (Å²) in [5.41, 5.74) is 7.55. The topological polar surface area (TPSA) is 74.4 Å². The van der Waals surface area contributed by atoms with Crippen molar-refractivity contribution >= 4 is 5.91 Å². The van der Waals surface area contributed by atoms with Crippen molar-refractivity contribution < 1.29 is 14.3 Å². The normalized spacial score (nSPS) is 11.6. The Morgan fingerprint density at radius 3 is 2.34 bits per heavy atom. The molecular weight excluding hydrogens is 364 g/mol. The van der Waals surface area contributed by atoms with E-state index in [0.717, 1.165) is 24.2 Å². The first-order chi connectivity index (χ1) is 14.1. The van der Waals surface area contributed by atoms with Crippen LogP contribution in [0.2, 0.25) is 0 Å². The van der Waals surface area contributed by atoms with Gasteiger partial charge in [0.2, 0.25) is 11.8 Å². The number of carbonyl (C=O) groups excluding carboxylic acids is 1. The maximum absolute atomic E-state index is 11.0. The Bertz CT molecular complexity index is 894. The predicted molar refractivity (Wildman–Crippen MR) is 113 cm³/mol. The zero-order chi connectivity index (χ0) is 20.5. The van der Waals surface area contributed by atoms with Gasteiger partial charge in [-0.15, -0.1) is 0 Å². The highest BCUT2D eigenvalue weighted by atomic mass is 16.5. The summed E-state index contributed by atoms with van der Waals surface area (Å²) in [5.74, 6) is 1.98. The third kappa shape index (κ3) is 6.96. The quantitative estimate of drug-likeness (QED) is 0.534. The molecule has 3 rings (SSSR count). The lowest BCUT2D eigenvalue weighted by molar-refractivity contribution is -0.118. The molecule has 5 heteroatoms. The number of hydrogen-bond acceptors (Lipinski definition) is 4. The highest BCUT2D eigenvalue weighted by Crippen LogP contribution is 2.23. The summed E-state index contributed by atoms with van der Waals surface area (Å²) in [6.07, 6.45) is 3.92. The molecule has 5 nitrogen and oxygen atoms in total. The average molecular weight is 390 g/mol. The molecule has 0 saturated heterocycles. The van der Waals surface area contributed by atoms with Gasteiger partial charge in [0, 0.05) is 12.5 Å². The molecule has 0 aliphatic heterocycles. The number of primary amides is 1. The molecule has 29 heavy (non-hydrogen) atoms. The van der Waals surface area contributed by atoms with E-state index >= 15 is 0 Å². The predicted octanol–water partition coefficient (Wildman–Crippen LogP) is 4.90. The van der Waals surface area contributed by atoms with Crippen molar-refractivity contribution in [1.82, 2.24) is 4.98 Å². The van der Waals surface area contributed by atoms with E-state index in [-0.39, 0.29) is 11.8 Å². The molecule has 0 unspecified atom stereocenters. The number of nitrogens with two attached hydrogens (primary N) is 1. The van der Waals surface area contributed by atoms with Gasteiger partial charge in [0.1, 0.15) is 18.1 Å². The first-order valence-corrected chi connectivity index (χ1v) is 9.76. The first-order valence-electron chi connectivity index (χ1n) is 9.76. The monoisotopic (exact) mass is 390 g/mol. The fraction of sp³-hybridized carbons (Fsp3) is 0.250. The van der Waals surface area contributed by atoms with E-state index in [2.05, 4.69) is 4.98 Å². The number of ether oxygens (including phenoxy) is 2. The Kier molecular flexibility index (Phi) is 7.22. The molecule has 2 aromatic carbocycles. The second kappa shape index (κ2) is 10.3. The lowest BCUT2D eigenvalue weighted by Crippen LogP contribution is -2.15. The van der Waals surface area contributed by atoms with Gasteiger partial charge in [-0.2, -0.15) is 0 Å². The highest BCUT2D eigenvalue weighted by molar-refractivity contribution is 5.73. The molecule has 1 amide bonds. The third-order valence-corrected chi connectivity index (χ3v) is 4.58. The smallest absolute Gasteiger partial charge is 0.219 e. The maximum atomic E-state index is 11.0.